The second kappa shape index (κ2) is 14.0. The van der Waals surface area contributed by atoms with Gasteiger partial charge < -0.3 is 14.3 Å². The van der Waals surface area contributed by atoms with Crippen LogP contribution in [-0.2, 0) is 28.0 Å². The maximum absolute atomic E-state index is 12.5. The quantitative estimate of drug-likeness (QED) is 0.248. The largest absolute Gasteiger partial charge is 1.00 e. The Morgan fingerprint density at radius 3 is 1.89 bits per heavy atom. The Morgan fingerprint density at radius 2 is 1.32 bits per heavy atom. The molecule has 0 N–H and O–H groups in total. The average Bonchev–Trinajstić information content (AvgIpc) is 2.89. The molecule has 38 heavy (non-hydrogen) atoms. The number of amides is 1. The van der Waals surface area contributed by atoms with Gasteiger partial charge in [-0.2, -0.15) is 0 Å². The third-order valence-corrected chi connectivity index (χ3v) is 7.17. The molecule has 0 unspecified atom stereocenters. The topological polar surface area (TPSA) is 74.5 Å². The van der Waals surface area contributed by atoms with Crippen molar-refractivity contribution < 1.29 is 47.5 Å². The first-order chi connectivity index (χ1) is 17.8. The van der Waals surface area contributed by atoms with Crippen LogP contribution in [0.4, 0.5) is 0 Å². The van der Waals surface area contributed by atoms with Crippen molar-refractivity contribution in [1.82, 2.24) is 0 Å². The fourth-order valence-corrected chi connectivity index (χ4v) is 4.94. The van der Waals surface area contributed by atoms with E-state index in [1.165, 1.54) is 30.3 Å². The second-order valence-electron chi connectivity index (χ2n) is 7.95. The van der Waals surface area contributed by atoms with Crippen LogP contribution in [0.5, 0.6) is 0 Å². The van der Waals surface area contributed by atoms with Gasteiger partial charge in [0.2, 0.25) is 0 Å². The van der Waals surface area contributed by atoms with E-state index in [-0.39, 0.29) is 50.1 Å². The van der Waals surface area contributed by atoms with Gasteiger partial charge in [0.1, 0.15) is 10.0 Å². The molecule has 0 aliphatic carbocycles. The normalized spacial score (nSPS) is 10.6. The van der Waals surface area contributed by atoms with E-state index in [9.17, 15) is 13.2 Å². The van der Waals surface area contributed by atoms with Gasteiger partial charge in [-0.1, -0.05) is 89.6 Å². The van der Waals surface area contributed by atoms with E-state index < -0.39 is 15.9 Å². The van der Waals surface area contributed by atoms with Crippen molar-refractivity contribution in [2.75, 3.05) is 0 Å². The molecule has 0 fully saturated rings. The van der Waals surface area contributed by atoms with Crippen molar-refractivity contribution in [2.45, 2.75) is 18.1 Å². The summed E-state index contributed by atoms with van der Waals surface area (Å²) in [7, 11) is -4.28. The van der Waals surface area contributed by atoms with E-state index in [1.807, 2.05) is 54.6 Å². The average molecular weight is 572 g/mol. The Labute approximate surface area is 254 Å². The van der Waals surface area contributed by atoms with Gasteiger partial charge in [0, 0.05) is 16.1 Å². The van der Waals surface area contributed by atoms with Crippen LogP contribution in [0, 0.1) is 11.8 Å². The predicted molar refractivity (Wildman–Crippen MR) is 145 cm³/mol. The van der Waals surface area contributed by atoms with Crippen LogP contribution in [0.15, 0.2) is 102 Å². The second-order valence-corrected chi connectivity index (χ2v) is 10.4. The summed E-state index contributed by atoms with van der Waals surface area (Å²) in [5.41, 5.74) is 3.83. The molecule has 0 radical (unpaired) electrons. The van der Waals surface area contributed by atoms with Crippen molar-refractivity contribution in [3.05, 3.63) is 140 Å². The SMILES string of the molecule is O=C([N-]S(=O)(=O)c1ccc(Cl)cc1Cl)c1ccc(COCc2ccc(C#Cc3ccccc3)cc2)cc1.[Na+]. The molecule has 5 nitrogen and oxygen atoms in total. The zero-order valence-electron chi connectivity index (χ0n) is 20.4. The summed E-state index contributed by atoms with van der Waals surface area (Å²) in [6.07, 6.45) is 0. The Morgan fingerprint density at radius 1 is 0.763 bits per heavy atom. The number of nitrogens with zero attached hydrogens (tertiary/aromatic N) is 1. The van der Waals surface area contributed by atoms with E-state index >= 15 is 0 Å². The monoisotopic (exact) mass is 571 g/mol. The van der Waals surface area contributed by atoms with Crippen molar-refractivity contribution in [2.24, 2.45) is 0 Å². The molecule has 0 saturated heterocycles. The van der Waals surface area contributed by atoms with E-state index in [1.54, 1.807) is 12.1 Å². The molecule has 0 atom stereocenters. The first kappa shape index (κ1) is 29.9. The van der Waals surface area contributed by atoms with Gasteiger partial charge >= 0.3 is 29.6 Å². The Kier molecular flexibility index (Phi) is 11.0. The smallest absolute Gasteiger partial charge is 0.538 e. The number of ether oxygens (including phenoxy) is 1. The molecular formula is C29H20Cl2NNaO4S. The van der Waals surface area contributed by atoms with Crippen LogP contribution < -0.4 is 29.6 Å². The van der Waals surface area contributed by atoms with Crippen LogP contribution in [0.3, 0.4) is 0 Å². The molecule has 0 saturated carbocycles. The number of sulfonamides is 1. The van der Waals surface area contributed by atoms with Gasteiger partial charge in [-0.3, -0.25) is 0 Å². The van der Waals surface area contributed by atoms with Gasteiger partial charge in [0.25, 0.3) is 0 Å². The van der Waals surface area contributed by atoms with Crippen molar-refractivity contribution in [3.8, 4) is 11.8 Å². The number of benzene rings is 4. The fraction of sp³-hybridized carbons (Fsp3) is 0.0690. The third-order valence-electron chi connectivity index (χ3n) is 5.19. The van der Waals surface area contributed by atoms with Crippen LogP contribution in [-0.4, -0.2) is 14.3 Å². The number of carbonyl (C=O) groups excluding carboxylic acids is 1. The fourth-order valence-electron chi connectivity index (χ4n) is 3.28. The summed E-state index contributed by atoms with van der Waals surface area (Å²) < 4.78 is 34.1. The Balaban J connectivity index is 0.00000400. The molecule has 4 aromatic rings. The van der Waals surface area contributed by atoms with Crippen LogP contribution >= 0.6 is 23.2 Å². The Hall–Kier alpha value is -2.60. The minimum absolute atomic E-state index is 0. The van der Waals surface area contributed by atoms with Crippen LogP contribution in [0.1, 0.15) is 32.6 Å². The van der Waals surface area contributed by atoms with Gasteiger partial charge in [-0.25, -0.2) is 8.42 Å². The molecule has 186 valence electrons. The maximum atomic E-state index is 12.5. The van der Waals surface area contributed by atoms with E-state index in [2.05, 4.69) is 16.6 Å². The number of carbonyl (C=O) groups is 1. The molecule has 1 amide bonds. The molecule has 0 aromatic heterocycles. The maximum Gasteiger partial charge on any atom is 1.00 e. The molecule has 0 aliphatic rings. The molecule has 0 heterocycles. The molecule has 0 bridgehead atoms. The minimum Gasteiger partial charge on any atom is -0.538 e. The number of hydrogen-bond donors (Lipinski definition) is 0. The zero-order chi connectivity index (χ0) is 26.3. The van der Waals surface area contributed by atoms with Crippen molar-refractivity contribution in [1.29, 1.82) is 0 Å². The molecule has 4 rings (SSSR count). The van der Waals surface area contributed by atoms with Crippen LogP contribution in [0.2, 0.25) is 10.0 Å². The summed E-state index contributed by atoms with van der Waals surface area (Å²) in [5.74, 6) is 5.37. The zero-order valence-corrected chi connectivity index (χ0v) is 24.7. The van der Waals surface area contributed by atoms with Gasteiger partial charge in [-0.05, 0) is 59.2 Å². The summed E-state index contributed by atoms with van der Waals surface area (Å²) >= 11 is 11.7. The van der Waals surface area contributed by atoms with Gasteiger partial charge in [0.05, 0.1) is 29.0 Å². The van der Waals surface area contributed by atoms with E-state index in [0.717, 1.165) is 22.3 Å². The molecule has 0 spiro atoms. The molecular weight excluding hydrogens is 552 g/mol. The van der Waals surface area contributed by atoms with Crippen molar-refractivity contribution >= 4 is 39.1 Å². The number of hydrogen-bond acceptors (Lipinski definition) is 4. The summed E-state index contributed by atoms with van der Waals surface area (Å²) in [6, 6.07) is 27.8. The summed E-state index contributed by atoms with van der Waals surface area (Å²) in [6.45, 7) is 0.725. The summed E-state index contributed by atoms with van der Waals surface area (Å²) in [5, 5.41) is 0.171. The number of rotatable bonds is 7. The third kappa shape index (κ3) is 8.45. The molecule has 0 aliphatic heterocycles. The molecule has 9 heteroatoms. The van der Waals surface area contributed by atoms with E-state index in [4.69, 9.17) is 27.9 Å². The molecule has 4 aromatic carbocycles. The van der Waals surface area contributed by atoms with Crippen molar-refractivity contribution in [3.63, 3.8) is 0 Å². The number of halogens is 2. The Bertz CT molecular complexity index is 1570. The van der Waals surface area contributed by atoms with Crippen LogP contribution in [0.25, 0.3) is 4.72 Å². The first-order valence-corrected chi connectivity index (χ1v) is 13.3. The summed E-state index contributed by atoms with van der Waals surface area (Å²) in [4.78, 5) is 12.1. The van der Waals surface area contributed by atoms with E-state index in [0.29, 0.717) is 13.2 Å². The first-order valence-electron chi connectivity index (χ1n) is 11.1. The van der Waals surface area contributed by atoms with Gasteiger partial charge in [-0.15, -0.1) is 0 Å². The minimum atomic E-state index is -4.28. The standard InChI is InChI=1S/C29H21Cl2NO4S.Na/c30-26-16-17-28(27(31)18-26)37(34,35)32-29(33)25-14-12-24(13-15-25)20-36-19-23-10-8-22(9-11-23)7-6-21-4-2-1-3-5-21;/h1-5,8-18H,19-20H2,(H,32,33);/q;+1/p-1. The van der Waals surface area contributed by atoms with Gasteiger partial charge in [0.15, 0.2) is 0 Å². The predicted octanol–water partition coefficient (Wildman–Crippen LogP) is 4.02.